The molecule has 0 fully saturated rings. The van der Waals surface area contributed by atoms with Gasteiger partial charge in [0.2, 0.25) is 23.5 Å². The zero-order chi connectivity index (χ0) is 29.2. The Morgan fingerprint density at radius 2 is 1.82 bits per heavy atom. The van der Waals surface area contributed by atoms with Crippen LogP contribution in [0.25, 0.3) is 5.57 Å². The highest BCUT2D eigenvalue weighted by Crippen LogP contribution is 2.65. The fourth-order valence-corrected chi connectivity index (χ4v) is 9.19. The Labute approximate surface area is 250 Å². The number of rotatable bonds is 9. The van der Waals surface area contributed by atoms with Gasteiger partial charge in [0.1, 0.15) is 16.8 Å². The zero-order valence-corrected chi connectivity index (χ0v) is 28.0. The lowest BCUT2D eigenvalue weighted by atomic mass is 9.96. The molecule has 0 saturated carbocycles. The van der Waals surface area contributed by atoms with Gasteiger partial charge in [0, 0.05) is 16.5 Å². The number of anilines is 1. The van der Waals surface area contributed by atoms with E-state index in [1.54, 1.807) is 0 Å². The van der Waals surface area contributed by atoms with Crippen LogP contribution in [0.4, 0.5) is 5.95 Å². The van der Waals surface area contributed by atoms with E-state index in [2.05, 4.69) is 73.9 Å². The highest BCUT2D eigenvalue weighted by Gasteiger charge is 2.45. The summed E-state index contributed by atoms with van der Waals surface area (Å²) in [5, 5.41) is 1.87. The van der Waals surface area contributed by atoms with Crippen molar-refractivity contribution in [1.82, 2.24) is 9.97 Å². The molecule has 2 aromatic rings. The molecule has 0 bridgehead atoms. The van der Waals surface area contributed by atoms with Crippen molar-refractivity contribution < 1.29 is 13.3 Å². The predicted molar refractivity (Wildman–Crippen MR) is 181 cm³/mol. The van der Waals surface area contributed by atoms with Crippen LogP contribution < -0.4 is 9.61 Å². The number of nitrogens with zero attached hydrogens (tertiary/aromatic N) is 3. The van der Waals surface area contributed by atoms with Crippen LogP contribution >= 0.6 is 28.2 Å². The van der Waals surface area contributed by atoms with Crippen LogP contribution in [0.3, 0.4) is 0 Å². The number of alkyl halides is 1. The summed E-state index contributed by atoms with van der Waals surface area (Å²) in [6.45, 7) is 8.33. The monoisotopic (exact) mass is 692 g/mol. The van der Waals surface area contributed by atoms with Gasteiger partial charge >= 0.3 is 0 Å². The van der Waals surface area contributed by atoms with Crippen LogP contribution in [-0.2, 0) is 16.2 Å². The molecule has 1 aromatic carbocycles. The average Bonchev–Trinajstić information content (AvgIpc) is 2.92. The summed E-state index contributed by atoms with van der Waals surface area (Å²) in [5.41, 5.74) is 4.41. The summed E-state index contributed by atoms with van der Waals surface area (Å²) in [6, 6.07) is 8.18. The molecule has 0 aliphatic heterocycles. The summed E-state index contributed by atoms with van der Waals surface area (Å²) in [6.07, 6.45) is 16.2. The molecule has 2 aliphatic carbocycles. The quantitative estimate of drug-likeness (QED) is 0.181. The first-order valence-corrected chi connectivity index (χ1v) is 20.1. The number of benzene rings is 1. The van der Waals surface area contributed by atoms with Crippen molar-refractivity contribution in [1.29, 1.82) is 0 Å². The van der Waals surface area contributed by atoms with Crippen molar-refractivity contribution in [3.8, 4) is 0 Å². The Hall–Kier alpha value is -2.00. The highest BCUT2D eigenvalue weighted by molar-refractivity contribution is 14.2. The number of hydrogen-bond donors (Lipinski definition) is 1. The van der Waals surface area contributed by atoms with Crippen LogP contribution in [0.5, 0.6) is 0 Å². The van der Waals surface area contributed by atoms with Crippen molar-refractivity contribution in [2.75, 3.05) is 17.6 Å². The van der Waals surface area contributed by atoms with E-state index in [0.29, 0.717) is 21.7 Å². The van der Waals surface area contributed by atoms with Crippen molar-refractivity contribution in [3.63, 3.8) is 0 Å². The molecule has 0 radical (unpaired) electrons. The van der Waals surface area contributed by atoms with Gasteiger partial charge in [-0.05, 0) is 61.5 Å². The summed E-state index contributed by atoms with van der Waals surface area (Å²) < 4.78 is 30.8. The number of allylic oxidation sites excluding steroid dienone is 8. The smallest absolute Gasteiger partial charge is 0.239 e. The van der Waals surface area contributed by atoms with Gasteiger partial charge < -0.3 is 0 Å². The van der Waals surface area contributed by atoms with E-state index >= 15 is 0 Å². The first-order valence-electron chi connectivity index (χ1n) is 13.5. The Kier molecular flexibility index (Phi) is 9.65. The maximum Gasteiger partial charge on any atom is 0.239 e. The van der Waals surface area contributed by atoms with E-state index in [9.17, 15) is 13.3 Å². The van der Waals surface area contributed by atoms with Gasteiger partial charge in [0.25, 0.3) is 0 Å². The molecule has 4 rings (SSSR count). The zero-order valence-electron chi connectivity index (χ0n) is 24.2. The number of halogens is 1. The van der Waals surface area contributed by atoms with Gasteiger partial charge in [0.15, 0.2) is 0 Å². The molecular formula is C31H40IN3O3PS+. The Morgan fingerprint density at radius 3 is 2.35 bits per heavy atom. The van der Waals surface area contributed by atoms with Crippen LogP contribution in [0.1, 0.15) is 62.0 Å². The predicted octanol–water partition coefficient (Wildman–Crippen LogP) is 6.65. The highest BCUT2D eigenvalue weighted by atomic mass is 127. The summed E-state index contributed by atoms with van der Waals surface area (Å²) in [5.74, 6) is 0.554. The average molecular weight is 693 g/mol. The van der Waals surface area contributed by atoms with E-state index in [1.807, 2.05) is 19.1 Å². The lowest BCUT2D eigenvalue weighted by Crippen LogP contribution is -2.28. The summed E-state index contributed by atoms with van der Waals surface area (Å²) in [4.78, 5) is 22.5. The molecular weight excluding hydrogens is 652 g/mol. The largest absolute Gasteiger partial charge is 0.241 e. The maximum absolute atomic E-state index is 12.7. The van der Waals surface area contributed by atoms with Crippen molar-refractivity contribution >= 4 is 59.6 Å². The Balaban J connectivity index is 1.97. The number of sulfonamides is 1. The van der Waals surface area contributed by atoms with E-state index in [-0.39, 0.29) is 32.6 Å². The third-order valence-electron chi connectivity index (χ3n) is 7.44. The molecule has 1 N–H and O–H groups in total. The fourth-order valence-electron chi connectivity index (χ4n) is 4.88. The second kappa shape index (κ2) is 12.5. The molecule has 3 unspecified atom stereocenters. The maximum atomic E-state index is 12.7. The molecule has 40 heavy (non-hydrogen) atoms. The van der Waals surface area contributed by atoms with E-state index < -0.39 is 17.5 Å². The topological polar surface area (TPSA) is 83.4 Å². The van der Waals surface area contributed by atoms with E-state index in [0.717, 1.165) is 56.4 Å². The van der Waals surface area contributed by atoms with Crippen LogP contribution in [-0.4, -0.2) is 45.0 Å². The Bertz CT molecular complexity index is 1510. The molecule has 214 valence electrons. The van der Waals surface area contributed by atoms with Gasteiger partial charge in [-0.1, -0.05) is 67.3 Å². The van der Waals surface area contributed by atoms with Gasteiger partial charge in [-0.2, -0.15) is 0 Å². The van der Waals surface area contributed by atoms with Gasteiger partial charge in [-0.3, -0.25) is 0 Å². The van der Waals surface area contributed by atoms with Crippen molar-refractivity contribution in [2.24, 2.45) is 5.92 Å². The molecule has 9 heteroatoms. The third-order valence-corrected chi connectivity index (χ3v) is 13.8. The summed E-state index contributed by atoms with van der Waals surface area (Å²) in [7, 11) is -4.98. The van der Waals surface area contributed by atoms with Crippen molar-refractivity contribution in [3.05, 3.63) is 88.6 Å². The second-order valence-corrected chi connectivity index (χ2v) is 18.4. The molecule has 2 aliphatic rings. The summed E-state index contributed by atoms with van der Waals surface area (Å²) >= 11 is -0.182. The third kappa shape index (κ3) is 6.72. The van der Waals surface area contributed by atoms with Gasteiger partial charge in [-0.15, -0.1) is 20.7 Å². The van der Waals surface area contributed by atoms with Crippen LogP contribution in [0.15, 0.2) is 66.0 Å². The molecule has 0 amide bonds. The minimum atomic E-state index is -3.57. The lowest BCUT2D eigenvalue weighted by Gasteiger charge is -2.27. The second-order valence-electron chi connectivity index (χ2n) is 11.0. The first kappa shape index (κ1) is 30.9. The minimum Gasteiger partial charge on any atom is -0.241 e. The number of hydrogen-bond acceptors (Lipinski definition) is 5. The molecule has 0 spiro atoms. The Morgan fingerprint density at radius 1 is 1.12 bits per heavy atom. The van der Waals surface area contributed by atoms with Gasteiger partial charge in [-0.25, -0.2) is 27.6 Å². The van der Waals surface area contributed by atoms with E-state index in [4.69, 9.17) is 9.97 Å². The van der Waals surface area contributed by atoms with Crippen LogP contribution in [0, 0.1) is 12.8 Å². The van der Waals surface area contributed by atoms with E-state index in [1.165, 1.54) is 7.05 Å². The first-order chi connectivity index (χ1) is 18.8. The fraction of sp³-hybridized carbons (Fsp3) is 0.387. The standard InChI is InChI=1S/C31H40IN3O3PS/c1-21(2)29-28(20-39(36,26-16-8-22(3)9-17-26)27-18-10-23(4)11-19-27)30(24-12-14-25(32-5)15-13-24)34-31(33-29)35(6)40(7,37)38/h8-10,12-14,16-19,21,23,25,36H,5,11,15,20H2,1-4,6-7H3/q+1. The van der Waals surface area contributed by atoms with Gasteiger partial charge in [0.05, 0.1) is 17.6 Å². The molecule has 3 atom stereocenters. The van der Waals surface area contributed by atoms with Crippen LogP contribution in [0.2, 0.25) is 0 Å². The molecule has 6 nitrogen and oxygen atoms in total. The lowest BCUT2D eigenvalue weighted by molar-refractivity contribution is 0.598. The molecule has 0 saturated heterocycles. The normalized spacial score (nSPS) is 20.7. The SMILES string of the molecule is C=IC1C=CC(c2nc(N(C)S(C)(=O)=O)nc(C(C)C)c2C[P+](O)(C2=CCC(C)C=C2)c2ccc(C)cc2)=CC1. The number of aryl methyl sites for hydroxylation is 1. The van der Waals surface area contributed by atoms with Crippen molar-refractivity contribution in [2.45, 2.75) is 56.5 Å². The number of aromatic nitrogens is 2. The minimum absolute atomic E-state index is 0.0162. The molecule has 1 aromatic heterocycles. The molecule has 1 heterocycles.